The molecular formula is C27H26N2O4. The van der Waals surface area contributed by atoms with E-state index in [1.165, 1.54) is 10.9 Å². The third-order valence-corrected chi connectivity index (χ3v) is 6.99. The van der Waals surface area contributed by atoms with Gasteiger partial charge in [-0.15, -0.1) is 0 Å². The molecule has 1 atom stereocenters. The van der Waals surface area contributed by atoms with Crippen molar-refractivity contribution in [3.05, 3.63) is 74.8 Å². The molecule has 0 saturated carbocycles. The van der Waals surface area contributed by atoms with Gasteiger partial charge in [0.15, 0.2) is 6.61 Å². The lowest BCUT2D eigenvalue weighted by Gasteiger charge is -2.24. The molecule has 6 nitrogen and oxygen atoms in total. The zero-order chi connectivity index (χ0) is 22.5. The Hall–Kier alpha value is -3.54. The summed E-state index contributed by atoms with van der Waals surface area (Å²) in [4.78, 5) is 28.7. The number of carbonyl (C=O) groups is 1. The maximum Gasteiger partial charge on any atom is 0.339 e. The predicted molar refractivity (Wildman–Crippen MR) is 127 cm³/mol. The number of para-hydroxylation sites is 1. The van der Waals surface area contributed by atoms with Crippen molar-refractivity contribution in [1.29, 1.82) is 0 Å². The van der Waals surface area contributed by atoms with Crippen molar-refractivity contribution in [3.63, 3.8) is 0 Å². The number of aromatic nitrogens is 1. The van der Waals surface area contributed by atoms with Crippen LogP contribution < -0.4 is 15.7 Å². The fraction of sp³-hybridized carbons (Fsp3) is 0.333. The number of aryl methyl sites for hydroxylation is 3. The molecule has 0 bridgehead atoms. The molecule has 2 aliphatic carbocycles. The Bertz CT molecular complexity index is 1460. The molecule has 2 aliphatic rings. The summed E-state index contributed by atoms with van der Waals surface area (Å²) in [5.41, 5.74) is 6.48. The van der Waals surface area contributed by atoms with Crippen LogP contribution in [0.4, 0.5) is 0 Å². The van der Waals surface area contributed by atoms with Gasteiger partial charge in [0, 0.05) is 22.2 Å². The van der Waals surface area contributed by atoms with Gasteiger partial charge in [-0.05, 0) is 80.3 Å². The Kier molecular flexibility index (Phi) is 4.75. The van der Waals surface area contributed by atoms with Gasteiger partial charge in [0.1, 0.15) is 11.3 Å². The summed E-state index contributed by atoms with van der Waals surface area (Å²) in [6.07, 6.45) is 5.45. The Morgan fingerprint density at radius 3 is 2.85 bits per heavy atom. The molecule has 1 amide bonds. The van der Waals surface area contributed by atoms with Crippen molar-refractivity contribution in [2.45, 2.75) is 51.5 Å². The molecule has 0 saturated heterocycles. The molecule has 0 unspecified atom stereocenters. The first kappa shape index (κ1) is 20.1. The summed E-state index contributed by atoms with van der Waals surface area (Å²) in [7, 11) is 0. The molecule has 6 heteroatoms. The molecule has 6 rings (SSSR count). The topological polar surface area (TPSA) is 84.3 Å². The van der Waals surface area contributed by atoms with Crippen molar-refractivity contribution in [2.24, 2.45) is 0 Å². The van der Waals surface area contributed by atoms with Crippen LogP contribution in [-0.4, -0.2) is 17.5 Å². The molecule has 168 valence electrons. The minimum atomic E-state index is -0.254. The second kappa shape index (κ2) is 7.80. The van der Waals surface area contributed by atoms with Crippen LogP contribution in [0.3, 0.4) is 0 Å². The molecule has 2 aromatic carbocycles. The van der Waals surface area contributed by atoms with E-state index in [0.717, 1.165) is 71.8 Å². The second-order valence-electron chi connectivity index (χ2n) is 9.20. The Morgan fingerprint density at radius 2 is 1.94 bits per heavy atom. The van der Waals surface area contributed by atoms with Gasteiger partial charge in [0.2, 0.25) is 0 Å². The normalized spacial score (nSPS) is 17.2. The molecule has 2 heterocycles. The summed E-state index contributed by atoms with van der Waals surface area (Å²) in [6.45, 7) is 1.84. The van der Waals surface area contributed by atoms with Crippen molar-refractivity contribution >= 4 is 27.8 Å². The van der Waals surface area contributed by atoms with Gasteiger partial charge < -0.3 is 19.5 Å². The number of aromatic amines is 1. The molecule has 0 radical (unpaired) electrons. The molecule has 0 aliphatic heterocycles. The van der Waals surface area contributed by atoms with Crippen molar-refractivity contribution in [2.75, 3.05) is 6.61 Å². The molecule has 0 spiro atoms. The highest BCUT2D eigenvalue weighted by atomic mass is 16.5. The Labute approximate surface area is 190 Å². The third-order valence-electron chi connectivity index (χ3n) is 6.99. The van der Waals surface area contributed by atoms with E-state index in [2.05, 4.69) is 28.5 Å². The van der Waals surface area contributed by atoms with Gasteiger partial charge >= 0.3 is 5.63 Å². The first-order chi connectivity index (χ1) is 16.1. The van der Waals surface area contributed by atoms with E-state index in [9.17, 15) is 9.59 Å². The summed E-state index contributed by atoms with van der Waals surface area (Å²) >= 11 is 0. The van der Waals surface area contributed by atoms with Crippen LogP contribution >= 0.6 is 0 Å². The number of hydrogen-bond acceptors (Lipinski definition) is 4. The minimum Gasteiger partial charge on any atom is -0.483 e. The smallest absolute Gasteiger partial charge is 0.339 e. The fourth-order valence-corrected chi connectivity index (χ4v) is 5.56. The number of hydrogen-bond donors (Lipinski definition) is 2. The molecule has 4 aromatic rings. The predicted octanol–water partition coefficient (Wildman–Crippen LogP) is 4.64. The lowest BCUT2D eigenvalue weighted by atomic mass is 9.91. The summed E-state index contributed by atoms with van der Waals surface area (Å²) in [6, 6.07) is 12.0. The number of rotatable bonds is 4. The van der Waals surface area contributed by atoms with Crippen LogP contribution in [0, 0.1) is 6.92 Å². The Balaban J connectivity index is 1.25. The van der Waals surface area contributed by atoms with Crippen molar-refractivity contribution in [1.82, 2.24) is 10.3 Å². The molecular weight excluding hydrogens is 416 g/mol. The van der Waals surface area contributed by atoms with Crippen LogP contribution in [0.2, 0.25) is 0 Å². The van der Waals surface area contributed by atoms with E-state index >= 15 is 0 Å². The highest BCUT2D eigenvalue weighted by Crippen LogP contribution is 2.36. The fourth-order valence-electron chi connectivity index (χ4n) is 5.56. The third kappa shape index (κ3) is 3.41. The highest BCUT2D eigenvalue weighted by Gasteiger charge is 2.26. The lowest BCUT2D eigenvalue weighted by molar-refractivity contribution is -0.124. The zero-order valence-corrected chi connectivity index (χ0v) is 18.6. The Morgan fingerprint density at radius 1 is 1.12 bits per heavy atom. The number of fused-ring (bicyclic) bond motifs is 6. The van der Waals surface area contributed by atoms with Crippen molar-refractivity contribution in [3.8, 4) is 5.75 Å². The molecule has 33 heavy (non-hydrogen) atoms. The standard InChI is InChI=1S/C27H26N2O4/c1-15-12-22(25-17-7-4-9-19(17)27(31)33-23(25)13-15)32-14-24(30)28-21-11-5-8-18-16-6-2-3-10-20(16)29-26(18)21/h2-3,6,10,12-13,21,29H,4-5,7-9,11,14H2,1H3,(H,28,30)/t21-/m1/s1. The SMILES string of the molecule is Cc1cc(OCC(=O)N[C@@H]2CCCc3c2[nH]c2ccccc32)c2c3c(c(=O)oc2c1)CCC3. The first-order valence-electron chi connectivity index (χ1n) is 11.7. The van der Waals surface area contributed by atoms with Crippen molar-refractivity contribution < 1.29 is 13.9 Å². The van der Waals surface area contributed by atoms with E-state index in [1.54, 1.807) is 0 Å². The lowest BCUT2D eigenvalue weighted by Crippen LogP contribution is -2.34. The van der Waals surface area contributed by atoms with Gasteiger partial charge in [-0.1, -0.05) is 18.2 Å². The highest BCUT2D eigenvalue weighted by molar-refractivity contribution is 5.89. The number of amides is 1. The maximum atomic E-state index is 12.9. The average molecular weight is 443 g/mol. The quantitative estimate of drug-likeness (QED) is 0.451. The van der Waals surface area contributed by atoms with Crippen LogP contribution in [-0.2, 0) is 24.1 Å². The molecule has 2 N–H and O–H groups in total. The van der Waals surface area contributed by atoms with Gasteiger partial charge in [0.25, 0.3) is 5.91 Å². The van der Waals surface area contributed by atoms with E-state index < -0.39 is 0 Å². The maximum absolute atomic E-state index is 12.9. The average Bonchev–Trinajstić information content (AvgIpc) is 3.43. The first-order valence-corrected chi connectivity index (χ1v) is 11.7. The number of nitrogens with one attached hydrogen (secondary N) is 2. The van der Waals surface area contributed by atoms with E-state index in [0.29, 0.717) is 11.3 Å². The number of ether oxygens (including phenoxy) is 1. The van der Waals surface area contributed by atoms with Crippen LogP contribution in [0.5, 0.6) is 5.75 Å². The van der Waals surface area contributed by atoms with E-state index in [1.807, 2.05) is 25.1 Å². The summed E-state index contributed by atoms with van der Waals surface area (Å²) < 4.78 is 11.6. The van der Waals surface area contributed by atoms with Gasteiger partial charge in [-0.2, -0.15) is 0 Å². The monoisotopic (exact) mass is 442 g/mol. The van der Waals surface area contributed by atoms with Gasteiger partial charge in [-0.3, -0.25) is 4.79 Å². The van der Waals surface area contributed by atoms with Crippen LogP contribution in [0.15, 0.2) is 45.6 Å². The molecule has 2 aromatic heterocycles. The number of benzene rings is 2. The number of carbonyl (C=O) groups excluding carboxylic acids is 1. The second-order valence-corrected chi connectivity index (χ2v) is 9.20. The van der Waals surface area contributed by atoms with Crippen LogP contribution in [0.1, 0.15) is 53.3 Å². The van der Waals surface area contributed by atoms with Gasteiger partial charge in [-0.25, -0.2) is 4.79 Å². The summed E-state index contributed by atoms with van der Waals surface area (Å²) in [5, 5.41) is 5.23. The molecule has 0 fully saturated rings. The van der Waals surface area contributed by atoms with Crippen LogP contribution in [0.25, 0.3) is 21.9 Å². The van der Waals surface area contributed by atoms with E-state index in [4.69, 9.17) is 9.15 Å². The largest absolute Gasteiger partial charge is 0.483 e. The minimum absolute atomic E-state index is 0.0474. The summed E-state index contributed by atoms with van der Waals surface area (Å²) in [5.74, 6) is 0.451. The van der Waals surface area contributed by atoms with Gasteiger partial charge in [0.05, 0.1) is 11.4 Å². The number of H-pyrrole nitrogens is 1. The zero-order valence-electron chi connectivity index (χ0n) is 18.6. The van der Waals surface area contributed by atoms with E-state index in [-0.39, 0.29) is 24.2 Å².